The summed E-state index contributed by atoms with van der Waals surface area (Å²) in [5.41, 5.74) is 0.191. The maximum absolute atomic E-state index is 12.3. The Kier molecular flexibility index (Phi) is 3.92. The zero-order valence-electron chi connectivity index (χ0n) is 14.9. The molecule has 3 fully saturated rings. The Morgan fingerprint density at radius 1 is 1.38 bits per heavy atom. The Labute approximate surface area is 143 Å². The first-order valence-electron chi connectivity index (χ1n) is 9.12. The van der Waals surface area contributed by atoms with Gasteiger partial charge in [-0.1, -0.05) is 13.8 Å². The van der Waals surface area contributed by atoms with Crippen molar-refractivity contribution in [1.82, 2.24) is 14.9 Å². The third-order valence-electron chi connectivity index (χ3n) is 6.24. The molecular weight excluding hydrogens is 304 g/mol. The molecular formula is C18H28N4O2. The summed E-state index contributed by atoms with van der Waals surface area (Å²) in [6, 6.07) is 0.929. The lowest BCUT2D eigenvalue weighted by Crippen LogP contribution is -2.68. The van der Waals surface area contributed by atoms with E-state index in [2.05, 4.69) is 29.0 Å². The van der Waals surface area contributed by atoms with Gasteiger partial charge in [0.05, 0.1) is 6.10 Å². The summed E-state index contributed by atoms with van der Waals surface area (Å²) in [4.78, 5) is 18.8. The summed E-state index contributed by atoms with van der Waals surface area (Å²) in [5.74, 6) is 1.24. The van der Waals surface area contributed by atoms with E-state index in [1.807, 2.05) is 0 Å². The molecule has 0 aromatic carbocycles. The van der Waals surface area contributed by atoms with Crippen LogP contribution in [-0.2, 0) is 11.8 Å². The van der Waals surface area contributed by atoms with Crippen LogP contribution in [0.5, 0.6) is 0 Å². The maximum atomic E-state index is 12.3. The van der Waals surface area contributed by atoms with Crippen LogP contribution in [0.2, 0.25) is 0 Å². The molecule has 132 valence electrons. The van der Waals surface area contributed by atoms with E-state index in [0.717, 1.165) is 32.5 Å². The van der Waals surface area contributed by atoms with E-state index in [-0.39, 0.29) is 11.0 Å². The van der Waals surface area contributed by atoms with E-state index in [1.54, 1.807) is 24.0 Å². The zero-order chi connectivity index (χ0) is 16.9. The molecule has 6 nitrogen and oxygen atoms in total. The fraction of sp³-hybridized carbons (Fsp3) is 0.778. The molecule has 3 heterocycles. The van der Waals surface area contributed by atoms with Crippen LogP contribution in [0, 0.1) is 11.3 Å². The van der Waals surface area contributed by atoms with Crippen molar-refractivity contribution in [3.8, 4) is 0 Å². The number of rotatable bonds is 3. The van der Waals surface area contributed by atoms with Crippen molar-refractivity contribution in [2.75, 3.05) is 24.6 Å². The standard InChI is InChI=1S/C18H28N4O2/c1-18(2)14(13-6-10-24-15(13)18)20-12-5-4-8-22(11-12)16-17(23)21(3)9-7-19-16/h7,9,12-15,20H,4-6,8,10-11H2,1-3H3/t12-,13-,14+,15+/m0/s1. The quantitative estimate of drug-likeness (QED) is 0.900. The van der Waals surface area contributed by atoms with Gasteiger partial charge in [0.25, 0.3) is 5.56 Å². The third kappa shape index (κ3) is 2.47. The van der Waals surface area contributed by atoms with Gasteiger partial charge in [-0.15, -0.1) is 0 Å². The van der Waals surface area contributed by atoms with E-state index < -0.39 is 0 Å². The number of ether oxygens (including phenoxy) is 1. The Balaban J connectivity index is 1.46. The summed E-state index contributed by atoms with van der Waals surface area (Å²) in [5, 5.41) is 3.89. The van der Waals surface area contributed by atoms with Crippen LogP contribution >= 0.6 is 0 Å². The molecule has 4 rings (SSSR count). The van der Waals surface area contributed by atoms with Gasteiger partial charge >= 0.3 is 0 Å². The molecule has 4 atom stereocenters. The van der Waals surface area contributed by atoms with E-state index in [9.17, 15) is 4.79 Å². The monoisotopic (exact) mass is 332 g/mol. The second-order valence-electron chi connectivity index (χ2n) is 8.16. The molecule has 0 amide bonds. The molecule has 0 radical (unpaired) electrons. The van der Waals surface area contributed by atoms with Gasteiger partial charge < -0.3 is 19.5 Å². The molecule has 2 aliphatic heterocycles. The predicted octanol–water partition coefficient (Wildman–Crippen LogP) is 1.15. The molecule has 0 bridgehead atoms. The fourth-order valence-electron chi connectivity index (χ4n) is 4.92. The van der Waals surface area contributed by atoms with Gasteiger partial charge in [-0.3, -0.25) is 4.79 Å². The minimum atomic E-state index is -0.00798. The van der Waals surface area contributed by atoms with Crippen LogP contribution in [0.25, 0.3) is 0 Å². The highest BCUT2D eigenvalue weighted by atomic mass is 16.5. The van der Waals surface area contributed by atoms with E-state index in [1.165, 1.54) is 6.42 Å². The second kappa shape index (κ2) is 5.85. The summed E-state index contributed by atoms with van der Waals surface area (Å²) in [7, 11) is 1.78. The average molecular weight is 332 g/mol. The molecule has 3 aliphatic rings. The zero-order valence-corrected chi connectivity index (χ0v) is 14.9. The second-order valence-corrected chi connectivity index (χ2v) is 8.16. The topological polar surface area (TPSA) is 59.4 Å². The number of fused-ring (bicyclic) bond motifs is 1. The molecule has 6 heteroatoms. The van der Waals surface area contributed by atoms with Crippen LogP contribution in [0.1, 0.15) is 33.1 Å². The first kappa shape index (κ1) is 16.1. The van der Waals surface area contributed by atoms with Gasteiger partial charge in [0.15, 0.2) is 5.82 Å². The number of hydrogen-bond acceptors (Lipinski definition) is 5. The average Bonchev–Trinajstić information content (AvgIpc) is 3.03. The van der Waals surface area contributed by atoms with Crippen molar-refractivity contribution >= 4 is 5.82 Å². The lowest BCUT2D eigenvalue weighted by Gasteiger charge is -2.56. The number of piperidine rings is 1. The van der Waals surface area contributed by atoms with Gasteiger partial charge in [0.2, 0.25) is 0 Å². The Hall–Kier alpha value is -1.40. The van der Waals surface area contributed by atoms with E-state index in [4.69, 9.17) is 4.74 Å². The van der Waals surface area contributed by atoms with Crippen LogP contribution in [0.4, 0.5) is 5.82 Å². The van der Waals surface area contributed by atoms with Gasteiger partial charge in [-0.2, -0.15) is 0 Å². The summed E-state index contributed by atoms with van der Waals surface area (Å²) in [6.45, 7) is 7.29. The molecule has 2 saturated heterocycles. The van der Waals surface area contributed by atoms with Gasteiger partial charge in [0.1, 0.15) is 0 Å². The van der Waals surface area contributed by atoms with Crippen molar-refractivity contribution < 1.29 is 4.74 Å². The van der Waals surface area contributed by atoms with Crippen LogP contribution < -0.4 is 15.8 Å². The van der Waals surface area contributed by atoms with Crippen molar-refractivity contribution in [1.29, 1.82) is 0 Å². The van der Waals surface area contributed by atoms with Crippen molar-refractivity contribution in [3.05, 3.63) is 22.7 Å². The molecule has 1 saturated carbocycles. The number of hydrogen-bond donors (Lipinski definition) is 1. The number of nitrogens with zero attached hydrogens (tertiary/aromatic N) is 3. The number of aryl methyl sites for hydroxylation is 1. The highest BCUT2D eigenvalue weighted by Gasteiger charge is 2.59. The van der Waals surface area contributed by atoms with E-state index in [0.29, 0.717) is 29.9 Å². The number of aromatic nitrogens is 2. The normalized spacial score (nSPS) is 34.7. The van der Waals surface area contributed by atoms with Gasteiger partial charge in [0, 0.05) is 62.6 Å². The Morgan fingerprint density at radius 2 is 2.21 bits per heavy atom. The van der Waals surface area contributed by atoms with Crippen LogP contribution in [0.15, 0.2) is 17.2 Å². The van der Waals surface area contributed by atoms with Gasteiger partial charge in [-0.05, 0) is 19.3 Å². The maximum Gasteiger partial charge on any atom is 0.293 e. The molecule has 1 N–H and O–H groups in total. The third-order valence-corrected chi connectivity index (χ3v) is 6.24. The lowest BCUT2D eigenvalue weighted by atomic mass is 9.57. The predicted molar refractivity (Wildman–Crippen MR) is 93.3 cm³/mol. The smallest absolute Gasteiger partial charge is 0.293 e. The summed E-state index contributed by atoms with van der Waals surface area (Å²) >= 11 is 0. The van der Waals surface area contributed by atoms with Crippen molar-refractivity contribution in [2.24, 2.45) is 18.4 Å². The highest BCUT2D eigenvalue weighted by Crippen LogP contribution is 2.52. The largest absolute Gasteiger partial charge is 0.377 e. The molecule has 1 aliphatic carbocycles. The minimum absolute atomic E-state index is 0.00798. The molecule has 1 aromatic heterocycles. The summed E-state index contributed by atoms with van der Waals surface area (Å²) in [6.07, 6.45) is 7.26. The summed E-state index contributed by atoms with van der Waals surface area (Å²) < 4.78 is 7.51. The van der Waals surface area contributed by atoms with E-state index >= 15 is 0 Å². The molecule has 0 unspecified atom stereocenters. The number of nitrogens with one attached hydrogen (secondary N) is 1. The molecule has 24 heavy (non-hydrogen) atoms. The Morgan fingerprint density at radius 3 is 3.04 bits per heavy atom. The van der Waals surface area contributed by atoms with Crippen molar-refractivity contribution in [3.63, 3.8) is 0 Å². The molecule has 1 aromatic rings. The number of anilines is 1. The van der Waals surface area contributed by atoms with Crippen LogP contribution in [0.3, 0.4) is 0 Å². The van der Waals surface area contributed by atoms with Crippen molar-refractivity contribution in [2.45, 2.75) is 51.3 Å². The van der Waals surface area contributed by atoms with Gasteiger partial charge in [-0.25, -0.2) is 4.98 Å². The first-order chi connectivity index (χ1) is 11.5. The lowest BCUT2D eigenvalue weighted by molar-refractivity contribution is -0.115. The highest BCUT2D eigenvalue weighted by molar-refractivity contribution is 5.36. The van der Waals surface area contributed by atoms with Crippen LogP contribution in [-0.4, -0.2) is 47.4 Å². The first-order valence-corrected chi connectivity index (χ1v) is 9.12. The minimum Gasteiger partial charge on any atom is -0.377 e. The fourth-order valence-corrected chi connectivity index (χ4v) is 4.92. The Bertz CT molecular complexity index is 671. The SMILES string of the molecule is Cn1ccnc(N2CCC[C@H](N[C@@H]3[C@@H]4CCO[C@H]4C3(C)C)C2)c1=O. The molecule has 0 spiro atoms.